The molecule has 1 aromatic carbocycles. The van der Waals surface area contributed by atoms with E-state index in [-0.39, 0.29) is 5.97 Å². The molecule has 0 unspecified atom stereocenters. The van der Waals surface area contributed by atoms with Crippen molar-refractivity contribution < 1.29 is 18.8 Å². The van der Waals surface area contributed by atoms with Gasteiger partial charge in [-0.05, 0) is 71.6 Å². The fourth-order valence-electron chi connectivity index (χ4n) is 2.52. The van der Waals surface area contributed by atoms with E-state index in [4.69, 9.17) is 19.8 Å². The maximum atomic E-state index is 12.3. The van der Waals surface area contributed by atoms with Crippen molar-refractivity contribution in [1.82, 2.24) is 0 Å². The Morgan fingerprint density at radius 2 is 1.77 bits per heavy atom. The van der Waals surface area contributed by atoms with Crippen LogP contribution in [-0.4, -0.2) is 36.4 Å². The summed E-state index contributed by atoms with van der Waals surface area (Å²) in [5.74, 6) is -0.349. The van der Waals surface area contributed by atoms with Gasteiger partial charge in [-0.3, -0.25) is 0 Å². The molecule has 0 bridgehead atoms. The van der Waals surface area contributed by atoms with E-state index < -0.39 is 23.9 Å². The van der Waals surface area contributed by atoms with Gasteiger partial charge in [-0.2, -0.15) is 0 Å². The summed E-state index contributed by atoms with van der Waals surface area (Å²) >= 11 is 0. The lowest BCUT2D eigenvalue weighted by Gasteiger charge is -2.32. The molecule has 0 spiro atoms. The standard InChI is InChI=1S/C20H30BNO4/c1-18(2,3)24-17(23)15-10-8-9-14(11-15)12-16(13-22)21-25-19(4,5)20(6,7)26-21/h8-12H,13,22H2,1-7H3. The monoisotopic (exact) mass is 359 g/mol. The largest absolute Gasteiger partial charge is 0.491 e. The predicted molar refractivity (Wildman–Crippen MR) is 105 cm³/mol. The van der Waals surface area contributed by atoms with Gasteiger partial charge in [0.15, 0.2) is 0 Å². The zero-order valence-electron chi connectivity index (χ0n) is 16.9. The number of benzene rings is 1. The fraction of sp³-hybridized carbons (Fsp3) is 0.550. The van der Waals surface area contributed by atoms with Crippen molar-refractivity contribution in [3.05, 3.63) is 40.9 Å². The summed E-state index contributed by atoms with van der Waals surface area (Å²) in [7, 11) is -0.504. The van der Waals surface area contributed by atoms with Gasteiger partial charge in [0.2, 0.25) is 0 Å². The van der Waals surface area contributed by atoms with Crippen molar-refractivity contribution >= 4 is 19.2 Å². The Balaban J connectivity index is 2.25. The van der Waals surface area contributed by atoms with Crippen LogP contribution >= 0.6 is 0 Å². The highest BCUT2D eigenvalue weighted by Crippen LogP contribution is 2.38. The molecule has 5 nitrogen and oxygen atoms in total. The van der Waals surface area contributed by atoms with E-state index in [1.54, 1.807) is 12.1 Å². The molecule has 0 radical (unpaired) electrons. The van der Waals surface area contributed by atoms with Crippen LogP contribution in [0.15, 0.2) is 29.7 Å². The molecule has 1 heterocycles. The van der Waals surface area contributed by atoms with Gasteiger partial charge in [-0.1, -0.05) is 18.2 Å². The Hall–Kier alpha value is -1.63. The first kappa shape index (κ1) is 20.7. The Kier molecular flexibility index (Phi) is 5.71. The molecule has 26 heavy (non-hydrogen) atoms. The minimum absolute atomic E-state index is 0.299. The van der Waals surface area contributed by atoms with Crippen molar-refractivity contribution in [3.63, 3.8) is 0 Å². The highest BCUT2D eigenvalue weighted by atomic mass is 16.7. The van der Waals surface area contributed by atoms with Gasteiger partial charge in [0.25, 0.3) is 0 Å². The van der Waals surface area contributed by atoms with Crippen molar-refractivity contribution in [2.45, 2.75) is 65.3 Å². The van der Waals surface area contributed by atoms with Crippen LogP contribution in [0.1, 0.15) is 64.4 Å². The molecule has 6 heteroatoms. The highest BCUT2D eigenvalue weighted by molar-refractivity contribution is 6.55. The fourth-order valence-corrected chi connectivity index (χ4v) is 2.52. The van der Waals surface area contributed by atoms with Crippen LogP contribution in [0.4, 0.5) is 0 Å². The van der Waals surface area contributed by atoms with Gasteiger partial charge in [-0.25, -0.2) is 4.79 Å². The number of carbonyl (C=O) groups is 1. The van der Waals surface area contributed by atoms with Gasteiger partial charge < -0.3 is 19.8 Å². The summed E-state index contributed by atoms with van der Waals surface area (Å²) in [5, 5.41) is 0. The average molecular weight is 359 g/mol. The minimum atomic E-state index is -0.534. The van der Waals surface area contributed by atoms with Crippen molar-refractivity contribution in [3.8, 4) is 0 Å². The molecule has 0 saturated carbocycles. The van der Waals surface area contributed by atoms with E-state index in [0.717, 1.165) is 11.0 Å². The number of rotatable bonds is 4. The molecule has 1 aliphatic heterocycles. The molecule has 2 rings (SSSR count). The lowest BCUT2D eigenvalue weighted by molar-refractivity contribution is 0.00578. The van der Waals surface area contributed by atoms with E-state index in [1.807, 2.05) is 66.7 Å². The number of hydrogen-bond acceptors (Lipinski definition) is 5. The van der Waals surface area contributed by atoms with Crippen LogP contribution in [0.3, 0.4) is 0 Å². The Bertz CT molecular complexity index is 688. The predicted octanol–water partition coefficient (Wildman–Crippen LogP) is 3.62. The van der Waals surface area contributed by atoms with Crippen LogP contribution in [0, 0.1) is 0 Å². The van der Waals surface area contributed by atoms with Gasteiger partial charge in [0.05, 0.1) is 16.8 Å². The average Bonchev–Trinajstić information content (AvgIpc) is 2.71. The zero-order chi connectivity index (χ0) is 19.8. The van der Waals surface area contributed by atoms with Crippen LogP contribution in [0.2, 0.25) is 0 Å². The molecule has 2 N–H and O–H groups in total. The van der Waals surface area contributed by atoms with E-state index in [1.165, 1.54) is 0 Å². The first-order valence-corrected chi connectivity index (χ1v) is 8.94. The molecule has 1 aromatic rings. The second-order valence-corrected chi connectivity index (χ2v) is 8.64. The van der Waals surface area contributed by atoms with Gasteiger partial charge in [0.1, 0.15) is 5.60 Å². The zero-order valence-corrected chi connectivity index (χ0v) is 16.9. The van der Waals surface area contributed by atoms with Gasteiger partial charge in [-0.15, -0.1) is 0 Å². The number of ether oxygens (including phenoxy) is 1. The molecular weight excluding hydrogens is 329 g/mol. The quantitative estimate of drug-likeness (QED) is 0.657. The van der Waals surface area contributed by atoms with E-state index in [9.17, 15) is 4.79 Å². The number of nitrogens with two attached hydrogens (primary N) is 1. The normalized spacial score (nSPS) is 19.5. The van der Waals surface area contributed by atoms with E-state index in [2.05, 4.69) is 0 Å². The highest BCUT2D eigenvalue weighted by Gasteiger charge is 2.52. The summed E-state index contributed by atoms with van der Waals surface area (Å²) in [5.41, 5.74) is 6.73. The third kappa shape index (κ3) is 4.75. The number of hydrogen-bond donors (Lipinski definition) is 1. The third-order valence-electron chi connectivity index (χ3n) is 4.66. The Morgan fingerprint density at radius 3 is 2.27 bits per heavy atom. The lowest BCUT2D eigenvalue weighted by Crippen LogP contribution is -2.41. The van der Waals surface area contributed by atoms with Crippen molar-refractivity contribution in [2.24, 2.45) is 5.73 Å². The maximum absolute atomic E-state index is 12.3. The van der Waals surface area contributed by atoms with Gasteiger partial charge in [0, 0.05) is 6.54 Å². The SMILES string of the molecule is CC(C)(C)OC(=O)c1cccc(C=C(CN)B2OC(C)(C)C(C)(C)O2)c1. The Labute approximate surface area is 157 Å². The minimum Gasteiger partial charge on any atom is -0.456 e. The van der Waals surface area contributed by atoms with Crippen LogP contribution in [0.5, 0.6) is 0 Å². The van der Waals surface area contributed by atoms with Crippen molar-refractivity contribution in [1.29, 1.82) is 0 Å². The number of carbonyl (C=O) groups excluding carboxylic acids is 1. The smallest absolute Gasteiger partial charge is 0.456 e. The molecular formula is C20H30BNO4. The summed E-state index contributed by atoms with van der Waals surface area (Å²) in [6, 6.07) is 7.26. The van der Waals surface area contributed by atoms with Gasteiger partial charge >= 0.3 is 13.1 Å². The van der Waals surface area contributed by atoms with E-state index in [0.29, 0.717) is 12.1 Å². The first-order chi connectivity index (χ1) is 11.8. The van der Waals surface area contributed by atoms with Crippen LogP contribution in [0.25, 0.3) is 6.08 Å². The van der Waals surface area contributed by atoms with Crippen LogP contribution < -0.4 is 5.73 Å². The third-order valence-corrected chi connectivity index (χ3v) is 4.66. The molecule has 0 aromatic heterocycles. The first-order valence-electron chi connectivity index (χ1n) is 8.94. The maximum Gasteiger partial charge on any atom is 0.491 e. The molecule has 0 aliphatic carbocycles. The topological polar surface area (TPSA) is 70.8 Å². The summed E-state index contributed by atoms with van der Waals surface area (Å²) in [6.45, 7) is 13.9. The second-order valence-electron chi connectivity index (χ2n) is 8.64. The molecule has 1 saturated heterocycles. The number of esters is 1. The summed E-state index contributed by atoms with van der Waals surface area (Å²) in [6.07, 6.45) is 1.91. The molecule has 1 fully saturated rings. The molecule has 0 amide bonds. The molecule has 1 aliphatic rings. The second kappa shape index (κ2) is 7.18. The Morgan fingerprint density at radius 1 is 1.19 bits per heavy atom. The van der Waals surface area contributed by atoms with Crippen molar-refractivity contribution in [2.75, 3.05) is 6.54 Å². The lowest BCUT2D eigenvalue weighted by atomic mass is 9.77. The van der Waals surface area contributed by atoms with E-state index >= 15 is 0 Å². The summed E-state index contributed by atoms with van der Waals surface area (Å²) in [4.78, 5) is 12.3. The molecule has 0 atom stereocenters. The van der Waals surface area contributed by atoms with Crippen LogP contribution in [-0.2, 0) is 14.0 Å². The molecule has 142 valence electrons. The summed E-state index contributed by atoms with van der Waals surface area (Å²) < 4.78 is 17.6.